The van der Waals surface area contributed by atoms with Crippen LogP contribution in [0.1, 0.15) is 0 Å². The van der Waals surface area contributed by atoms with Gasteiger partial charge in [-0.1, -0.05) is 34.8 Å². The Morgan fingerprint density at radius 3 is 2.53 bits per heavy atom. The number of benzene rings is 1. The second-order valence-corrected chi connectivity index (χ2v) is 6.19. The van der Waals surface area contributed by atoms with Crippen molar-refractivity contribution in [1.82, 2.24) is 4.98 Å². The zero-order chi connectivity index (χ0) is 12.0. The molecule has 0 aliphatic rings. The van der Waals surface area contributed by atoms with Crippen LogP contribution in [-0.2, 0) is 0 Å². The third-order valence-electron chi connectivity index (χ3n) is 2.49. The van der Waals surface area contributed by atoms with Crippen LogP contribution in [0.25, 0.3) is 21.5 Å². The van der Waals surface area contributed by atoms with E-state index in [-0.39, 0.29) is 0 Å². The Morgan fingerprint density at radius 1 is 1.00 bits per heavy atom. The van der Waals surface area contributed by atoms with Crippen molar-refractivity contribution in [2.24, 2.45) is 0 Å². The molecule has 1 nitrogen and oxygen atoms in total. The van der Waals surface area contributed by atoms with E-state index >= 15 is 0 Å². The van der Waals surface area contributed by atoms with E-state index in [1.807, 2.05) is 24.3 Å². The van der Waals surface area contributed by atoms with E-state index in [2.05, 4.69) is 4.98 Å². The zero-order valence-electron chi connectivity index (χ0n) is 8.43. The minimum atomic E-state index is 0.625. The van der Waals surface area contributed by atoms with Crippen LogP contribution >= 0.6 is 46.1 Å². The van der Waals surface area contributed by atoms with E-state index in [9.17, 15) is 0 Å². The Balaban J connectivity index is 2.23. The van der Waals surface area contributed by atoms with Gasteiger partial charge in [-0.2, -0.15) is 0 Å². The number of halogens is 3. The average molecular weight is 303 g/mol. The van der Waals surface area contributed by atoms with Crippen molar-refractivity contribution in [3.05, 3.63) is 44.7 Å². The second-order valence-electron chi connectivity index (χ2n) is 3.64. The minimum Gasteiger partial charge on any atom is -0.354 e. The van der Waals surface area contributed by atoms with Crippen LogP contribution in [0.3, 0.4) is 0 Å². The van der Waals surface area contributed by atoms with Crippen LogP contribution in [0.4, 0.5) is 0 Å². The Bertz CT molecular complexity index is 699. The normalized spacial score (nSPS) is 11.2. The number of nitrogens with one attached hydrogen (secondary N) is 1. The van der Waals surface area contributed by atoms with Gasteiger partial charge in [0.25, 0.3) is 0 Å². The minimum absolute atomic E-state index is 0.625. The summed E-state index contributed by atoms with van der Waals surface area (Å²) in [5.74, 6) is 0. The molecule has 1 N–H and O–H groups in total. The highest BCUT2D eigenvalue weighted by Gasteiger charge is 2.09. The quantitative estimate of drug-likeness (QED) is 0.580. The first kappa shape index (κ1) is 11.4. The molecular weight excluding hydrogens is 297 g/mol. The third-order valence-corrected chi connectivity index (χ3v) is 4.29. The molecule has 0 saturated carbocycles. The van der Waals surface area contributed by atoms with Crippen LogP contribution in [-0.4, -0.2) is 4.98 Å². The lowest BCUT2D eigenvalue weighted by Crippen LogP contribution is -1.71. The van der Waals surface area contributed by atoms with E-state index in [0.717, 1.165) is 25.8 Å². The molecule has 1 aromatic carbocycles. The molecule has 0 spiro atoms. The molecule has 0 fully saturated rings. The van der Waals surface area contributed by atoms with Crippen molar-refractivity contribution >= 4 is 57.0 Å². The number of aromatic nitrogens is 1. The molecule has 0 amide bonds. The van der Waals surface area contributed by atoms with E-state index in [0.29, 0.717) is 10.0 Å². The van der Waals surface area contributed by atoms with Gasteiger partial charge in [0.2, 0.25) is 0 Å². The summed E-state index contributed by atoms with van der Waals surface area (Å²) in [4.78, 5) is 4.37. The topological polar surface area (TPSA) is 15.8 Å². The van der Waals surface area contributed by atoms with Crippen LogP contribution in [0.2, 0.25) is 14.4 Å². The predicted molar refractivity (Wildman–Crippen MR) is 76.6 cm³/mol. The Kier molecular flexibility index (Phi) is 2.83. The van der Waals surface area contributed by atoms with Crippen LogP contribution in [0.15, 0.2) is 30.3 Å². The largest absolute Gasteiger partial charge is 0.354 e. The van der Waals surface area contributed by atoms with Gasteiger partial charge in [-0.3, -0.25) is 0 Å². The number of rotatable bonds is 1. The van der Waals surface area contributed by atoms with Gasteiger partial charge in [-0.05, 0) is 30.3 Å². The van der Waals surface area contributed by atoms with Gasteiger partial charge in [0.1, 0.15) is 0 Å². The fourth-order valence-electron chi connectivity index (χ4n) is 1.75. The summed E-state index contributed by atoms with van der Waals surface area (Å²) in [6.45, 7) is 0. The van der Waals surface area contributed by atoms with Crippen molar-refractivity contribution in [2.45, 2.75) is 0 Å². The van der Waals surface area contributed by atoms with Crippen LogP contribution in [0.5, 0.6) is 0 Å². The fraction of sp³-hybridized carbons (Fsp3) is 0. The Hall–Kier alpha value is -0.670. The maximum absolute atomic E-state index is 6.14. The molecule has 3 aromatic rings. The van der Waals surface area contributed by atoms with Gasteiger partial charge in [0, 0.05) is 15.9 Å². The van der Waals surface area contributed by atoms with Crippen molar-refractivity contribution in [2.75, 3.05) is 0 Å². The lowest BCUT2D eigenvalue weighted by molar-refractivity contribution is 1.48. The molecule has 0 saturated heterocycles. The van der Waals surface area contributed by atoms with Gasteiger partial charge in [0.05, 0.1) is 19.9 Å². The number of hydrogen-bond donors (Lipinski definition) is 1. The van der Waals surface area contributed by atoms with E-state index in [1.54, 1.807) is 6.07 Å². The summed E-state index contributed by atoms with van der Waals surface area (Å²) >= 11 is 19.5. The number of fused-ring (bicyclic) bond motifs is 1. The Labute approximate surface area is 117 Å². The van der Waals surface area contributed by atoms with Crippen LogP contribution in [0, 0.1) is 0 Å². The first-order chi connectivity index (χ1) is 8.13. The van der Waals surface area contributed by atoms with Gasteiger partial charge in [0.15, 0.2) is 0 Å². The first-order valence-electron chi connectivity index (χ1n) is 4.87. The van der Waals surface area contributed by atoms with Gasteiger partial charge >= 0.3 is 0 Å². The van der Waals surface area contributed by atoms with Crippen LogP contribution < -0.4 is 0 Å². The predicted octanol–water partition coefficient (Wildman–Crippen LogP) is 5.86. The van der Waals surface area contributed by atoms with Gasteiger partial charge in [-0.25, -0.2) is 0 Å². The highest BCUT2D eigenvalue weighted by atomic mass is 35.5. The van der Waals surface area contributed by atoms with Gasteiger partial charge < -0.3 is 4.98 Å². The lowest BCUT2D eigenvalue weighted by atomic mass is 10.2. The summed E-state index contributed by atoms with van der Waals surface area (Å²) in [5, 5.41) is 2.24. The molecule has 0 aliphatic carbocycles. The number of H-pyrrole nitrogens is 1. The maximum Gasteiger partial charge on any atom is 0.0935 e. The molecule has 2 aromatic heterocycles. The highest BCUT2D eigenvalue weighted by Crippen LogP contribution is 2.35. The van der Waals surface area contributed by atoms with Gasteiger partial charge in [-0.15, -0.1) is 11.3 Å². The van der Waals surface area contributed by atoms with E-state index < -0.39 is 0 Å². The molecular formula is C12H6Cl3NS. The molecule has 3 rings (SSSR count). The van der Waals surface area contributed by atoms with Crippen molar-refractivity contribution < 1.29 is 0 Å². The first-order valence-corrected chi connectivity index (χ1v) is 6.82. The lowest BCUT2D eigenvalue weighted by Gasteiger charge is -1.94. The molecule has 2 heterocycles. The summed E-state index contributed by atoms with van der Waals surface area (Å²) in [5.41, 5.74) is 1.93. The molecule has 0 radical (unpaired) electrons. The zero-order valence-corrected chi connectivity index (χ0v) is 11.5. The molecule has 86 valence electrons. The SMILES string of the molecule is Clc1cc(Cl)c2cc(-c3ccc(Cl)s3)[nH]c2c1. The third kappa shape index (κ3) is 2.06. The summed E-state index contributed by atoms with van der Waals surface area (Å²) in [6, 6.07) is 9.47. The Morgan fingerprint density at radius 2 is 1.82 bits per heavy atom. The van der Waals surface area contributed by atoms with E-state index in [4.69, 9.17) is 34.8 Å². The molecule has 0 bridgehead atoms. The smallest absolute Gasteiger partial charge is 0.0935 e. The molecule has 0 atom stereocenters. The van der Waals surface area contributed by atoms with Crippen molar-refractivity contribution in [1.29, 1.82) is 0 Å². The maximum atomic E-state index is 6.14. The number of thiophene rings is 1. The van der Waals surface area contributed by atoms with Crippen molar-refractivity contribution in [3.63, 3.8) is 0 Å². The molecule has 17 heavy (non-hydrogen) atoms. The number of aromatic amines is 1. The summed E-state index contributed by atoms with van der Waals surface area (Å²) in [6.07, 6.45) is 0. The highest BCUT2D eigenvalue weighted by molar-refractivity contribution is 7.19. The average Bonchev–Trinajstić information content (AvgIpc) is 2.83. The van der Waals surface area contributed by atoms with Crippen molar-refractivity contribution in [3.8, 4) is 10.6 Å². The second kappa shape index (κ2) is 4.21. The number of hydrogen-bond acceptors (Lipinski definition) is 1. The summed E-state index contributed by atoms with van der Waals surface area (Å²) < 4.78 is 0.766. The molecule has 0 unspecified atom stereocenters. The summed E-state index contributed by atoms with van der Waals surface area (Å²) in [7, 11) is 0. The monoisotopic (exact) mass is 301 g/mol. The fourth-order valence-corrected chi connectivity index (χ4v) is 3.31. The van der Waals surface area contributed by atoms with E-state index in [1.165, 1.54) is 11.3 Å². The molecule has 0 aliphatic heterocycles. The molecule has 5 heteroatoms. The standard InChI is InChI=1S/C12H6Cl3NS/c13-6-3-8(14)7-5-10(16-9(7)4-6)11-1-2-12(15)17-11/h1-5,16H.